The molecule has 2 N–H and O–H groups in total. The average molecular weight is 299 g/mol. The van der Waals surface area contributed by atoms with Gasteiger partial charge in [0, 0.05) is 18.2 Å². The summed E-state index contributed by atoms with van der Waals surface area (Å²) in [5.41, 5.74) is 4.80. The lowest BCUT2D eigenvalue weighted by molar-refractivity contribution is 0.131. The zero-order valence-corrected chi connectivity index (χ0v) is 13.4. The van der Waals surface area contributed by atoms with Crippen molar-refractivity contribution in [2.24, 2.45) is 0 Å². The first kappa shape index (κ1) is 15.3. The number of benzene rings is 1. The Morgan fingerprint density at radius 1 is 1.36 bits per heavy atom. The normalized spacial score (nSPS) is 20.4. The van der Waals surface area contributed by atoms with E-state index in [1.54, 1.807) is 0 Å². The molecule has 0 bridgehead atoms. The Kier molecular flexibility index (Phi) is 4.60. The van der Waals surface area contributed by atoms with Gasteiger partial charge in [-0.3, -0.25) is 10.00 Å². The van der Waals surface area contributed by atoms with E-state index in [1.807, 2.05) is 13.1 Å². The quantitative estimate of drug-likeness (QED) is 0.892. The summed E-state index contributed by atoms with van der Waals surface area (Å²) in [4.78, 5) is 2.48. The van der Waals surface area contributed by atoms with Crippen LogP contribution in [0.4, 0.5) is 0 Å². The molecule has 1 aromatic heterocycles. The van der Waals surface area contributed by atoms with Gasteiger partial charge in [-0.2, -0.15) is 5.10 Å². The minimum atomic E-state index is -0.230. The van der Waals surface area contributed by atoms with Crippen LogP contribution in [0.25, 0.3) is 11.3 Å². The monoisotopic (exact) mass is 299 g/mol. The third kappa shape index (κ3) is 3.39. The smallest absolute Gasteiger partial charge is 0.0695 e. The summed E-state index contributed by atoms with van der Waals surface area (Å²) < 4.78 is 0. The van der Waals surface area contributed by atoms with Gasteiger partial charge in [0.05, 0.1) is 18.0 Å². The second kappa shape index (κ2) is 6.63. The number of hydrogen-bond acceptors (Lipinski definition) is 3. The molecule has 0 aliphatic carbocycles. The number of aromatic amines is 1. The highest BCUT2D eigenvalue weighted by atomic mass is 16.3. The maximum absolute atomic E-state index is 9.67. The molecule has 118 valence electrons. The van der Waals surface area contributed by atoms with Crippen LogP contribution < -0.4 is 0 Å². The van der Waals surface area contributed by atoms with E-state index in [0.717, 1.165) is 25.2 Å². The summed E-state index contributed by atoms with van der Waals surface area (Å²) in [6.45, 7) is 5.99. The highest BCUT2D eigenvalue weighted by Gasteiger charge is 2.26. The second-order valence-electron chi connectivity index (χ2n) is 6.49. The Morgan fingerprint density at radius 3 is 2.86 bits per heavy atom. The van der Waals surface area contributed by atoms with Crippen LogP contribution in [-0.2, 0) is 6.54 Å². The Morgan fingerprint density at radius 2 is 2.14 bits per heavy atom. The molecule has 2 unspecified atom stereocenters. The minimum absolute atomic E-state index is 0.230. The molecule has 1 fully saturated rings. The molecule has 0 spiro atoms. The van der Waals surface area contributed by atoms with Crippen molar-refractivity contribution in [3.63, 3.8) is 0 Å². The van der Waals surface area contributed by atoms with Gasteiger partial charge in [-0.1, -0.05) is 29.8 Å². The van der Waals surface area contributed by atoms with Crippen molar-refractivity contribution in [2.45, 2.75) is 51.8 Å². The van der Waals surface area contributed by atoms with Crippen molar-refractivity contribution in [2.75, 3.05) is 6.54 Å². The molecule has 0 saturated carbocycles. The first-order valence-corrected chi connectivity index (χ1v) is 8.15. The highest BCUT2D eigenvalue weighted by molar-refractivity contribution is 5.62. The largest absolute Gasteiger partial charge is 0.393 e. The van der Waals surface area contributed by atoms with Crippen LogP contribution in [0.1, 0.15) is 37.3 Å². The maximum atomic E-state index is 9.67. The SMILES string of the molecule is Cc1ccc(-c2[nH]ncc2CN2CCCC2CC(C)O)cc1. The Labute approximate surface area is 132 Å². The number of likely N-dealkylation sites (tertiary alicyclic amines) is 1. The van der Waals surface area contributed by atoms with E-state index in [4.69, 9.17) is 0 Å². The van der Waals surface area contributed by atoms with Gasteiger partial charge in [-0.15, -0.1) is 0 Å². The lowest BCUT2D eigenvalue weighted by Gasteiger charge is -2.25. The number of nitrogens with one attached hydrogen (secondary N) is 1. The fourth-order valence-corrected chi connectivity index (χ4v) is 3.38. The predicted octanol–water partition coefficient (Wildman–Crippen LogP) is 3.12. The molecule has 1 aliphatic rings. The number of nitrogens with zero attached hydrogens (tertiary/aromatic N) is 2. The molecular weight excluding hydrogens is 274 g/mol. The van der Waals surface area contributed by atoms with Gasteiger partial charge in [-0.05, 0) is 45.2 Å². The summed E-state index contributed by atoms with van der Waals surface area (Å²) in [5.74, 6) is 0. The van der Waals surface area contributed by atoms with Crippen LogP contribution in [0.3, 0.4) is 0 Å². The Balaban J connectivity index is 1.76. The highest BCUT2D eigenvalue weighted by Crippen LogP contribution is 2.27. The van der Waals surface area contributed by atoms with Crippen LogP contribution in [0.15, 0.2) is 30.5 Å². The number of aromatic nitrogens is 2. The predicted molar refractivity (Wildman–Crippen MR) is 88.5 cm³/mol. The lowest BCUT2D eigenvalue weighted by atomic mass is 10.0. The van der Waals surface area contributed by atoms with E-state index in [9.17, 15) is 5.11 Å². The van der Waals surface area contributed by atoms with Crippen LogP contribution in [0.2, 0.25) is 0 Å². The molecule has 2 atom stereocenters. The first-order chi connectivity index (χ1) is 10.6. The molecule has 1 saturated heterocycles. The number of aliphatic hydroxyl groups is 1. The molecule has 22 heavy (non-hydrogen) atoms. The molecule has 3 rings (SSSR count). The van der Waals surface area contributed by atoms with Crippen molar-refractivity contribution in [1.82, 2.24) is 15.1 Å². The van der Waals surface area contributed by atoms with Gasteiger partial charge < -0.3 is 5.11 Å². The van der Waals surface area contributed by atoms with Crippen LogP contribution >= 0.6 is 0 Å². The molecule has 2 heterocycles. The lowest BCUT2D eigenvalue weighted by Crippen LogP contribution is -2.31. The molecule has 1 aromatic carbocycles. The summed E-state index contributed by atoms with van der Waals surface area (Å²) >= 11 is 0. The third-order valence-electron chi connectivity index (χ3n) is 4.54. The number of H-pyrrole nitrogens is 1. The first-order valence-electron chi connectivity index (χ1n) is 8.15. The van der Waals surface area contributed by atoms with Gasteiger partial charge in [0.2, 0.25) is 0 Å². The fraction of sp³-hybridized carbons (Fsp3) is 0.500. The standard InChI is InChI=1S/C18H25N3O/c1-13-5-7-15(8-6-13)18-16(11-19-20-18)12-21-9-3-4-17(21)10-14(2)22/h5-8,11,14,17,22H,3-4,9-10,12H2,1-2H3,(H,19,20). The molecule has 4 heteroatoms. The molecule has 2 aromatic rings. The number of rotatable bonds is 5. The zero-order chi connectivity index (χ0) is 15.5. The fourth-order valence-electron chi connectivity index (χ4n) is 3.38. The van der Waals surface area contributed by atoms with E-state index in [1.165, 1.54) is 29.5 Å². The minimum Gasteiger partial charge on any atom is -0.393 e. The number of hydrogen-bond donors (Lipinski definition) is 2. The van der Waals surface area contributed by atoms with E-state index < -0.39 is 0 Å². The molecule has 0 radical (unpaired) electrons. The van der Waals surface area contributed by atoms with E-state index in [0.29, 0.717) is 6.04 Å². The zero-order valence-electron chi connectivity index (χ0n) is 13.4. The summed E-state index contributed by atoms with van der Waals surface area (Å²) in [7, 11) is 0. The third-order valence-corrected chi connectivity index (χ3v) is 4.54. The van der Waals surface area contributed by atoms with Gasteiger partial charge in [0.25, 0.3) is 0 Å². The summed E-state index contributed by atoms with van der Waals surface area (Å²) in [6.07, 6.45) is 4.97. The molecular formula is C18H25N3O. The van der Waals surface area contributed by atoms with Crippen molar-refractivity contribution in [3.8, 4) is 11.3 Å². The van der Waals surface area contributed by atoms with Crippen molar-refractivity contribution in [3.05, 3.63) is 41.6 Å². The molecule has 0 amide bonds. The number of aryl methyl sites for hydroxylation is 1. The Hall–Kier alpha value is -1.65. The van der Waals surface area contributed by atoms with Gasteiger partial charge in [0.15, 0.2) is 0 Å². The second-order valence-corrected chi connectivity index (χ2v) is 6.49. The van der Waals surface area contributed by atoms with Crippen LogP contribution in [0, 0.1) is 6.92 Å². The maximum Gasteiger partial charge on any atom is 0.0695 e. The van der Waals surface area contributed by atoms with Crippen molar-refractivity contribution >= 4 is 0 Å². The molecule has 1 aliphatic heterocycles. The van der Waals surface area contributed by atoms with Crippen LogP contribution in [0.5, 0.6) is 0 Å². The van der Waals surface area contributed by atoms with E-state index in [-0.39, 0.29) is 6.10 Å². The van der Waals surface area contributed by atoms with E-state index >= 15 is 0 Å². The number of aliphatic hydroxyl groups excluding tert-OH is 1. The van der Waals surface area contributed by atoms with Crippen LogP contribution in [-0.4, -0.2) is 38.9 Å². The van der Waals surface area contributed by atoms with Crippen molar-refractivity contribution < 1.29 is 5.11 Å². The van der Waals surface area contributed by atoms with Crippen molar-refractivity contribution in [1.29, 1.82) is 0 Å². The Bertz CT molecular complexity index is 603. The summed E-state index contributed by atoms with van der Waals surface area (Å²) in [6, 6.07) is 9.03. The topological polar surface area (TPSA) is 52.2 Å². The van der Waals surface area contributed by atoms with E-state index in [2.05, 4.69) is 46.3 Å². The average Bonchev–Trinajstić information content (AvgIpc) is 3.10. The summed E-state index contributed by atoms with van der Waals surface area (Å²) in [5, 5.41) is 17.1. The van der Waals surface area contributed by atoms with Gasteiger partial charge in [0.1, 0.15) is 0 Å². The molecule has 4 nitrogen and oxygen atoms in total. The van der Waals surface area contributed by atoms with Gasteiger partial charge >= 0.3 is 0 Å². The van der Waals surface area contributed by atoms with Gasteiger partial charge in [-0.25, -0.2) is 0 Å².